The number of hydrogen-bond donors (Lipinski definition) is 0. The van der Waals surface area contributed by atoms with Gasteiger partial charge in [-0.25, -0.2) is 0 Å². The lowest BCUT2D eigenvalue weighted by atomic mass is 9.79. The van der Waals surface area contributed by atoms with Gasteiger partial charge < -0.3 is 9.80 Å². The van der Waals surface area contributed by atoms with Gasteiger partial charge in [0.05, 0.1) is 5.56 Å². The molecule has 1 aliphatic carbocycles. The molecule has 3 aliphatic rings. The first kappa shape index (κ1) is 15.1. The third kappa shape index (κ3) is 3.14. The van der Waals surface area contributed by atoms with Gasteiger partial charge in [-0.3, -0.25) is 9.78 Å². The van der Waals surface area contributed by atoms with Crippen molar-refractivity contribution in [3.05, 3.63) is 30.1 Å². The molecule has 1 aromatic heterocycles. The first-order valence-electron chi connectivity index (χ1n) is 9.16. The number of rotatable bonds is 3. The van der Waals surface area contributed by atoms with E-state index in [0.717, 1.165) is 31.0 Å². The zero-order valence-corrected chi connectivity index (χ0v) is 13.9. The van der Waals surface area contributed by atoms with Crippen molar-refractivity contribution in [3.63, 3.8) is 0 Å². The van der Waals surface area contributed by atoms with Crippen LogP contribution in [0.5, 0.6) is 0 Å². The number of carbonyl (C=O) groups excluding carboxylic acids is 1. The van der Waals surface area contributed by atoms with Crippen molar-refractivity contribution in [1.82, 2.24) is 14.8 Å². The van der Waals surface area contributed by atoms with Crippen molar-refractivity contribution in [2.75, 3.05) is 32.7 Å². The molecular weight excluding hydrogens is 286 g/mol. The topological polar surface area (TPSA) is 36.4 Å². The SMILES string of the molecule is O=C(c1cccnc1)N1CCCC2(CCN(CC3CCC3)C2)C1. The zero-order chi connectivity index (χ0) is 15.7. The fraction of sp³-hybridized carbons (Fsp3) is 0.684. The summed E-state index contributed by atoms with van der Waals surface area (Å²) in [5, 5.41) is 0. The van der Waals surface area contributed by atoms with E-state index >= 15 is 0 Å². The Bertz CT molecular complexity index is 557. The molecule has 0 N–H and O–H groups in total. The molecule has 1 amide bonds. The number of piperidine rings is 1. The first-order chi connectivity index (χ1) is 11.2. The average molecular weight is 313 g/mol. The van der Waals surface area contributed by atoms with Gasteiger partial charge in [0.2, 0.25) is 0 Å². The van der Waals surface area contributed by atoms with Gasteiger partial charge in [0.15, 0.2) is 0 Å². The van der Waals surface area contributed by atoms with Gasteiger partial charge >= 0.3 is 0 Å². The highest BCUT2D eigenvalue weighted by Gasteiger charge is 2.43. The number of likely N-dealkylation sites (tertiary alicyclic amines) is 2. The van der Waals surface area contributed by atoms with Crippen LogP contribution in [-0.4, -0.2) is 53.4 Å². The third-order valence-electron chi connectivity index (χ3n) is 6.12. The number of nitrogens with zero attached hydrogens (tertiary/aromatic N) is 3. The standard InChI is InChI=1S/C19H27N3O/c23-18(17-6-2-9-20-12-17)22-10-3-7-19(15-22)8-11-21(14-19)13-16-4-1-5-16/h2,6,9,12,16H,1,3-5,7-8,10-11,13-15H2. The maximum atomic E-state index is 12.7. The van der Waals surface area contributed by atoms with E-state index in [-0.39, 0.29) is 5.91 Å². The summed E-state index contributed by atoms with van der Waals surface area (Å²) in [5.74, 6) is 1.11. The molecule has 1 saturated carbocycles. The van der Waals surface area contributed by atoms with E-state index in [1.165, 1.54) is 51.7 Å². The molecule has 4 rings (SSSR count). The second-order valence-corrected chi connectivity index (χ2v) is 7.85. The lowest BCUT2D eigenvalue weighted by Gasteiger charge is -2.41. The Morgan fingerprint density at radius 1 is 1.22 bits per heavy atom. The fourth-order valence-corrected chi connectivity index (χ4v) is 4.61. The summed E-state index contributed by atoms with van der Waals surface area (Å²) in [6.07, 6.45) is 11.4. The molecule has 0 radical (unpaired) electrons. The Balaban J connectivity index is 1.40. The maximum absolute atomic E-state index is 12.7. The Hall–Kier alpha value is -1.42. The van der Waals surface area contributed by atoms with Crippen molar-refractivity contribution in [3.8, 4) is 0 Å². The summed E-state index contributed by atoms with van der Waals surface area (Å²) < 4.78 is 0. The number of carbonyl (C=O) groups is 1. The van der Waals surface area contributed by atoms with E-state index in [9.17, 15) is 4.79 Å². The van der Waals surface area contributed by atoms with Crippen LogP contribution >= 0.6 is 0 Å². The molecular formula is C19H27N3O. The van der Waals surface area contributed by atoms with Gasteiger partial charge in [-0.2, -0.15) is 0 Å². The van der Waals surface area contributed by atoms with Gasteiger partial charge in [-0.1, -0.05) is 6.42 Å². The van der Waals surface area contributed by atoms with Crippen molar-refractivity contribution in [2.24, 2.45) is 11.3 Å². The number of amides is 1. The molecule has 4 heteroatoms. The molecule has 1 atom stereocenters. The van der Waals surface area contributed by atoms with Crippen LogP contribution in [0.15, 0.2) is 24.5 Å². The average Bonchev–Trinajstić information content (AvgIpc) is 2.93. The highest BCUT2D eigenvalue weighted by Crippen LogP contribution is 2.40. The van der Waals surface area contributed by atoms with Crippen LogP contribution in [0.2, 0.25) is 0 Å². The van der Waals surface area contributed by atoms with Crippen LogP contribution in [0.25, 0.3) is 0 Å². The van der Waals surface area contributed by atoms with Gasteiger partial charge in [-0.05, 0) is 56.7 Å². The molecule has 0 bridgehead atoms. The highest BCUT2D eigenvalue weighted by atomic mass is 16.2. The van der Waals surface area contributed by atoms with Crippen LogP contribution in [0, 0.1) is 11.3 Å². The quantitative estimate of drug-likeness (QED) is 0.861. The molecule has 0 aromatic carbocycles. The molecule has 23 heavy (non-hydrogen) atoms. The number of hydrogen-bond acceptors (Lipinski definition) is 3. The van der Waals surface area contributed by atoms with E-state index in [0.29, 0.717) is 5.41 Å². The number of pyridine rings is 1. The van der Waals surface area contributed by atoms with Crippen molar-refractivity contribution < 1.29 is 4.79 Å². The normalized spacial score (nSPS) is 29.0. The fourth-order valence-electron chi connectivity index (χ4n) is 4.61. The smallest absolute Gasteiger partial charge is 0.255 e. The van der Waals surface area contributed by atoms with Gasteiger partial charge in [0, 0.05) is 44.0 Å². The van der Waals surface area contributed by atoms with Crippen LogP contribution in [0.3, 0.4) is 0 Å². The minimum atomic E-state index is 0.162. The van der Waals surface area contributed by atoms with Crippen molar-refractivity contribution in [1.29, 1.82) is 0 Å². The minimum absolute atomic E-state index is 0.162. The lowest BCUT2D eigenvalue weighted by molar-refractivity contribution is 0.0519. The largest absolute Gasteiger partial charge is 0.338 e. The lowest BCUT2D eigenvalue weighted by Crippen LogP contribution is -2.47. The van der Waals surface area contributed by atoms with E-state index in [4.69, 9.17) is 0 Å². The predicted molar refractivity (Wildman–Crippen MR) is 90.2 cm³/mol. The summed E-state index contributed by atoms with van der Waals surface area (Å²) in [4.78, 5) is 21.6. The van der Waals surface area contributed by atoms with Gasteiger partial charge in [0.25, 0.3) is 5.91 Å². The predicted octanol–water partition coefficient (Wildman–Crippen LogP) is 2.81. The van der Waals surface area contributed by atoms with Crippen LogP contribution in [-0.2, 0) is 0 Å². The molecule has 3 fully saturated rings. The van der Waals surface area contributed by atoms with E-state index in [1.807, 2.05) is 12.1 Å². The maximum Gasteiger partial charge on any atom is 0.255 e. The van der Waals surface area contributed by atoms with Crippen LogP contribution in [0.4, 0.5) is 0 Å². The Morgan fingerprint density at radius 3 is 2.87 bits per heavy atom. The molecule has 124 valence electrons. The molecule has 1 unspecified atom stereocenters. The highest BCUT2D eigenvalue weighted by molar-refractivity contribution is 5.94. The first-order valence-corrected chi connectivity index (χ1v) is 9.16. The number of aromatic nitrogens is 1. The Morgan fingerprint density at radius 2 is 2.13 bits per heavy atom. The molecule has 1 spiro atoms. The molecule has 3 heterocycles. The van der Waals surface area contributed by atoms with Crippen molar-refractivity contribution in [2.45, 2.75) is 38.5 Å². The summed E-state index contributed by atoms with van der Waals surface area (Å²) in [6.45, 7) is 5.55. The Kier molecular flexibility index (Phi) is 4.10. The summed E-state index contributed by atoms with van der Waals surface area (Å²) >= 11 is 0. The van der Waals surface area contributed by atoms with Gasteiger partial charge in [0.1, 0.15) is 0 Å². The molecule has 2 saturated heterocycles. The summed E-state index contributed by atoms with van der Waals surface area (Å²) in [7, 11) is 0. The zero-order valence-electron chi connectivity index (χ0n) is 13.9. The van der Waals surface area contributed by atoms with Crippen LogP contribution < -0.4 is 0 Å². The van der Waals surface area contributed by atoms with E-state index < -0.39 is 0 Å². The van der Waals surface area contributed by atoms with Gasteiger partial charge in [-0.15, -0.1) is 0 Å². The monoisotopic (exact) mass is 313 g/mol. The minimum Gasteiger partial charge on any atom is -0.338 e. The second kappa shape index (κ2) is 6.23. The summed E-state index contributed by atoms with van der Waals surface area (Å²) in [5.41, 5.74) is 1.08. The summed E-state index contributed by atoms with van der Waals surface area (Å²) in [6, 6.07) is 3.73. The van der Waals surface area contributed by atoms with E-state index in [2.05, 4.69) is 14.8 Å². The van der Waals surface area contributed by atoms with Crippen molar-refractivity contribution >= 4 is 5.91 Å². The molecule has 2 aliphatic heterocycles. The molecule has 1 aromatic rings. The third-order valence-corrected chi connectivity index (χ3v) is 6.12. The second-order valence-electron chi connectivity index (χ2n) is 7.85. The molecule has 4 nitrogen and oxygen atoms in total. The van der Waals surface area contributed by atoms with E-state index in [1.54, 1.807) is 12.4 Å². The van der Waals surface area contributed by atoms with Crippen LogP contribution in [0.1, 0.15) is 48.9 Å². The Labute approximate surface area is 138 Å².